The van der Waals surface area contributed by atoms with Gasteiger partial charge in [0.15, 0.2) is 0 Å². The van der Waals surface area contributed by atoms with Crippen LogP contribution in [0.15, 0.2) is 24.3 Å². The molecular weight excluding hydrogens is 262 g/mol. The number of amides is 1. The lowest BCUT2D eigenvalue weighted by atomic mass is 9.94. The van der Waals surface area contributed by atoms with E-state index in [0.717, 1.165) is 23.4 Å². The van der Waals surface area contributed by atoms with Crippen LogP contribution in [0.5, 0.6) is 0 Å². The summed E-state index contributed by atoms with van der Waals surface area (Å²) in [6.45, 7) is 0.837. The predicted molar refractivity (Wildman–Crippen MR) is 82.0 cm³/mol. The number of imidazole rings is 1. The first-order chi connectivity index (χ1) is 10.3. The third-order valence-electron chi connectivity index (χ3n) is 4.97. The van der Waals surface area contributed by atoms with E-state index in [1.165, 1.54) is 32.1 Å². The van der Waals surface area contributed by atoms with Gasteiger partial charge in [-0.3, -0.25) is 4.79 Å². The number of para-hydroxylation sites is 2. The van der Waals surface area contributed by atoms with Gasteiger partial charge >= 0.3 is 0 Å². The van der Waals surface area contributed by atoms with Crippen molar-refractivity contribution in [1.29, 1.82) is 0 Å². The highest BCUT2D eigenvalue weighted by molar-refractivity contribution is 5.80. The molecule has 4 heteroatoms. The Morgan fingerprint density at radius 3 is 2.76 bits per heavy atom. The molecule has 1 amide bonds. The van der Waals surface area contributed by atoms with Crippen LogP contribution in [0.25, 0.3) is 11.0 Å². The second kappa shape index (κ2) is 5.17. The number of nitrogens with zero attached hydrogens (tertiary/aromatic N) is 2. The number of fused-ring (bicyclic) bond motifs is 1. The minimum atomic E-state index is 0.229. The highest BCUT2D eigenvalue weighted by Gasteiger charge is 2.36. The molecule has 0 unspecified atom stereocenters. The molecular formula is C17H21N3O. The Balaban J connectivity index is 1.55. The van der Waals surface area contributed by atoms with E-state index in [-0.39, 0.29) is 5.92 Å². The van der Waals surface area contributed by atoms with Crippen molar-refractivity contribution < 1.29 is 4.79 Å². The molecule has 110 valence electrons. The van der Waals surface area contributed by atoms with Crippen LogP contribution in [0.3, 0.4) is 0 Å². The van der Waals surface area contributed by atoms with Crippen LogP contribution in [-0.4, -0.2) is 33.4 Å². The zero-order valence-corrected chi connectivity index (χ0v) is 12.2. The molecule has 1 N–H and O–H groups in total. The molecule has 1 aliphatic heterocycles. The van der Waals surface area contributed by atoms with Crippen molar-refractivity contribution in [1.82, 2.24) is 14.9 Å². The first kappa shape index (κ1) is 12.9. The monoisotopic (exact) mass is 283 g/mol. The molecule has 1 saturated carbocycles. The Kier molecular flexibility index (Phi) is 3.17. The lowest BCUT2D eigenvalue weighted by Gasteiger charge is -2.31. The van der Waals surface area contributed by atoms with E-state index in [1.807, 2.05) is 24.3 Å². The normalized spacial score (nSPS) is 24.1. The first-order valence-corrected chi connectivity index (χ1v) is 8.05. The van der Waals surface area contributed by atoms with Crippen molar-refractivity contribution in [2.24, 2.45) is 0 Å². The summed E-state index contributed by atoms with van der Waals surface area (Å²) in [6, 6.07) is 8.55. The van der Waals surface area contributed by atoms with E-state index in [4.69, 9.17) is 0 Å². The molecule has 1 aliphatic carbocycles. The van der Waals surface area contributed by atoms with Crippen LogP contribution in [0.1, 0.15) is 50.3 Å². The Labute approximate surface area is 124 Å². The maximum Gasteiger partial charge on any atom is 0.223 e. The molecule has 2 aromatic rings. The number of carbonyl (C=O) groups excluding carboxylic acids is 1. The van der Waals surface area contributed by atoms with E-state index in [0.29, 0.717) is 18.4 Å². The quantitative estimate of drug-likeness (QED) is 0.920. The van der Waals surface area contributed by atoms with E-state index < -0.39 is 0 Å². The second-order valence-corrected chi connectivity index (χ2v) is 6.38. The van der Waals surface area contributed by atoms with Gasteiger partial charge in [0, 0.05) is 24.9 Å². The van der Waals surface area contributed by atoms with E-state index in [9.17, 15) is 4.79 Å². The van der Waals surface area contributed by atoms with Crippen molar-refractivity contribution >= 4 is 16.9 Å². The van der Waals surface area contributed by atoms with Crippen molar-refractivity contribution in [2.75, 3.05) is 6.54 Å². The van der Waals surface area contributed by atoms with Crippen molar-refractivity contribution in [3.8, 4) is 0 Å². The fraction of sp³-hybridized carbons (Fsp3) is 0.529. The van der Waals surface area contributed by atoms with Gasteiger partial charge in [0.2, 0.25) is 5.91 Å². The number of rotatable bonds is 2. The molecule has 0 spiro atoms. The van der Waals surface area contributed by atoms with Gasteiger partial charge in [-0.2, -0.15) is 0 Å². The summed E-state index contributed by atoms with van der Waals surface area (Å²) in [7, 11) is 0. The van der Waals surface area contributed by atoms with Gasteiger partial charge in [-0.15, -0.1) is 0 Å². The molecule has 4 nitrogen and oxygen atoms in total. The minimum absolute atomic E-state index is 0.229. The zero-order chi connectivity index (χ0) is 14.2. The summed E-state index contributed by atoms with van der Waals surface area (Å²) in [6.07, 6.45) is 6.83. The van der Waals surface area contributed by atoms with Gasteiger partial charge < -0.3 is 9.88 Å². The average molecular weight is 283 g/mol. The van der Waals surface area contributed by atoms with E-state index in [2.05, 4.69) is 14.9 Å². The van der Waals surface area contributed by atoms with Crippen LogP contribution >= 0.6 is 0 Å². The number of nitrogens with one attached hydrogen (secondary N) is 1. The number of likely N-dealkylation sites (tertiary alicyclic amines) is 1. The van der Waals surface area contributed by atoms with Crippen LogP contribution in [0, 0.1) is 0 Å². The molecule has 4 rings (SSSR count). The number of hydrogen-bond acceptors (Lipinski definition) is 2. The fourth-order valence-electron chi connectivity index (χ4n) is 3.83. The molecule has 1 aromatic carbocycles. The van der Waals surface area contributed by atoms with Gasteiger partial charge in [0.25, 0.3) is 0 Å². The maximum atomic E-state index is 12.4. The smallest absolute Gasteiger partial charge is 0.223 e. The summed E-state index contributed by atoms with van der Waals surface area (Å²) in [4.78, 5) is 22.5. The summed E-state index contributed by atoms with van der Waals surface area (Å²) >= 11 is 0. The lowest BCUT2D eigenvalue weighted by Crippen LogP contribution is -2.37. The van der Waals surface area contributed by atoms with Gasteiger partial charge in [-0.1, -0.05) is 31.4 Å². The Morgan fingerprint density at radius 1 is 1.14 bits per heavy atom. The molecule has 2 aliphatic rings. The molecule has 2 fully saturated rings. The highest BCUT2D eigenvalue weighted by atomic mass is 16.2. The minimum Gasteiger partial charge on any atom is -0.342 e. The maximum absolute atomic E-state index is 12.4. The number of carbonyl (C=O) groups is 1. The van der Waals surface area contributed by atoms with Crippen LogP contribution < -0.4 is 0 Å². The topological polar surface area (TPSA) is 49.0 Å². The van der Waals surface area contributed by atoms with Gasteiger partial charge in [-0.05, 0) is 25.0 Å². The predicted octanol–water partition coefficient (Wildman–Crippen LogP) is 3.21. The SMILES string of the molecule is O=C1C[C@@H](c2nc3ccccc3[nH]2)CN1C1CCCCC1. The molecule has 21 heavy (non-hydrogen) atoms. The molecule has 1 aromatic heterocycles. The summed E-state index contributed by atoms with van der Waals surface area (Å²) in [5.41, 5.74) is 2.06. The molecule has 1 saturated heterocycles. The fourth-order valence-corrected chi connectivity index (χ4v) is 3.83. The molecule has 1 atom stereocenters. The average Bonchev–Trinajstić information content (AvgIpc) is 3.11. The van der Waals surface area contributed by atoms with Crippen LogP contribution in [-0.2, 0) is 4.79 Å². The second-order valence-electron chi connectivity index (χ2n) is 6.38. The van der Waals surface area contributed by atoms with Crippen LogP contribution in [0.2, 0.25) is 0 Å². The third kappa shape index (κ3) is 2.33. The van der Waals surface area contributed by atoms with Gasteiger partial charge in [0.1, 0.15) is 5.82 Å². The van der Waals surface area contributed by atoms with Crippen molar-refractivity contribution in [2.45, 2.75) is 50.5 Å². The summed E-state index contributed by atoms with van der Waals surface area (Å²) in [5.74, 6) is 1.52. The Morgan fingerprint density at radius 2 is 1.95 bits per heavy atom. The lowest BCUT2D eigenvalue weighted by molar-refractivity contribution is -0.130. The summed E-state index contributed by atoms with van der Waals surface area (Å²) < 4.78 is 0. The zero-order valence-electron chi connectivity index (χ0n) is 12.2. The number of aromatic amines is 1. The Hall–Kier alpha value is -1.84. The van der Waals surface area contributed by atoms with E-state index in [1.54, 1.807) is 0 Å². The standard InChI is InChI=1S/C17H21N3O/c21-16-10-12(11-20(16)13-6-2-1-3-7-13)17-18-14-8-4-5-9-15(14)19-17/h4-5,8-9,12-13H,1-3,6-7,10-11H2,(H,18,19)/t12-/m1/s1. The van der Waals surface area contributed by atoms with Crippen LogP contribution in [0.4, 0.5) is 0 Å². The van der Waals surface area contributed by atoms with Gasteiger partial charge in [0.05, 0.1) is 11.0 Å². The number of aromatic nitrogens is 2. The van der Waals surface area contributed by atoms with E-state index >= 15 is 0 Å². The highest BCUT2D eigenvalue weighted by Crippen LogP contribution is 2.33. The van der Waals surface area contributed by atoms with Gasteiger partial charge in [-0.25, -0.2) is 4.98 Å². The van der Waals surface area contributed by atoms with Crippen molar-refractivity contribution in [3.63, 3.8) is 0 Å². The molecule has 0 bridgehead atoms. The Bertz CT molecular complexity index is 624. The number of H-pyrrole nitrogens is 1. The third-order valence-corrected chi connectivity index (χ3v) is 4.97. The largest absolute Gasteiger partial charge is 0.342 e. The number of hydrogen-bond donors (Lipinski definition) is 1. The number of benzene rings is 1. The molecule has 2 heterocycles. The molecule has 0 radical (unpaired) electrons. The van der Waals surface area contributed by atoms with Crippen molar-refractivity contribution in [3.05, 3.63) is 30.1 Å². The summed E-state index contributed by atoms with van der Waals surface area (Å²) in [5, 5.41) is 0. The first-order valence-electron chi connectivity index (χ1n) is 8.05.